The Kier molecular flexibility index (Phi) is 7.81. The molecule has 1 aliphatic rings. The molecule has 2 N–H and O–H groups in total. The molecule has 3 heterocycles. The molecule has 1 fully saturated rings. The second kappa shape index (κ2) is 11.2. The van der Waals surface area contributed by atoms with Crippen LogP contribution in [0.1, 0.15) is 27.9 Å². The van der Waals surface area contributed by atoms with Gasteiger partial charge in [0.05, 0.1) is 19.0 Å². The minimum absolute atomic E-state index is 0.0676. The Bertz CT molecular complexity index is 1200. The SMILES string of the molecule is COC[C@H](C)Oc1cc(Oc2cnc(C(=O)N3CCN(C)CC3)cn2)cc(-c2ccc(C(=O)O)[nH]2)c1. The lowest BCUT2D eigenvalue weighted by Gasteiger charge is -2.32. The van der Waals surface area contributed by atoms with E-state index in [1.54, 1.807) is 36.3 Å². The van der Waals surface area contributed by atoms with Crippen LogP contribution in [0.25, 0.3) is 11.3 Å². The Morgan fingerprint density at radius 1 is 1.08 bits per heavy atom. The molecule has 11 heteroatoms. The zero-order valence-electron chi connectivity index (χ0n) is 20.4. The normalized spacial score (nSPS) is 14.9. The van der Waals surface area contributed by atoms with Crippen molar-refractivity contribution in [3.63, 3.8) is 0 Å². The number of carboxylic acid groups (broad SMARTS) is 1. The van der Waals surface area contributed by atoms with Crippen molar-refractivity contribution in [1.29, 1.82) is 0 Å². The summed E-state index contributed by atoms with van der Waals surface area (Å²) < 4.78 is 17.0. The van der Waals surface area contributed by atoms with E-state index in [1.807, 2.05) is 14.0 Å². The lowest BCUT2D eigenvalue weighted by Crippen LogP contribution is -2.47. The van der Waals surface area contributed by atoms with E-state index in [4.69, 9.17) is 14.2 Å². The number of aromatic amines is 1. The number of benzene rings is 1. The molecule has 4 rings (SSSR count). The number of piperazine rings is 1. The van der Waals surface area contributed by atoms with Gasteiger partial charge in [0.2, 0.25) is 5.88 Å². The first-order valence-electron chi connectivity index (χ1n) is 11.5. The summed E-state index contributed by atoms with van der Waals surface area (Å²) in [4.78, 5) is 39.3. The fourth-order valence-corrected chi connectivity index (χ4v) is 3.82. The van der Waals surface area contributed by atoms with E-state index in [1.165, 1.54) is 18.5 Å². The highest BCUT2D eigenvalue weighted by Gasteiger charge is 2.22. The number of carboxylic acids is 1. The zero-order chi connectivity index (χ0) is 25.7. The molecule has 36 heavy (non-hydrogen) atoms. The second-order valence-electron chi connectivity index (χ2n) is 8.61. The van der Waals surface area contributed by atoms with Crippen LogP contribution in [-0.2, 0) is 4.74 Å². The van der Waals surface area contributed by atoms with Gasteiger partial charge in [-0.05, 0) is 38.2 Å². The first kappa shape index (κ1) is 25.1. The Hall–Kier alpha value is -3.96. The van der Waals surface area contributed by atoms with Crippen molar-refractivity contribution in [3.8, 4) is 28.6 Å². The molecular formula is C25H29N5O6. The summed E-state index contributed by atoms with van der Waals surface area (Å²) in [5.74, 6) is -0.0941. The number of carbonyl (C=O) groups excluding carboxylic acids is 1. The van der Waals surface area contributed by atoms with Gasteiger partial charge < -0.3 is 34.1 Å². The van der Waals surface area contributed by atoms with Crippen LogP contribution in [0.5, 0.6) is 17.4 Å². The average Bonchev–Trinajstić information content (AvgIpc) is 3.36. The van der Waals surface area contributed by atoms with Crippen LogP contribution < -0.4 is 9.47 Å². The predicted octanol–water partition coefficient (Wildman–Crippen LogP) is 2.76. The number of nitrogens with one attached hydrogen (secondary N) is 1. The number of methoxy groups -OCH3 is 1. The number of nitrogens with zero attached hydrogens (tertiary/aromatic N) is 4. The van der Waals surface area contributed by atoms with Crippen LogP contribution in [0.15, 0.2) is 42.7 Å². The minimum atomic E-state index is -1.06. The molecule has 1 amide bonds. The maximum absolute atomic E-state index is 12.7. The number of aromatic nitrogens is 3. The molecular weight excluding hydrogens is 466 g/mol. The molecule has 190 valence electrons. The number of hydrogen-bond acceptors (Lipinski definition) is 8. The molecule has 0 spiro atoms. The molecule has 1 saturated heterocycles. The summed E-state index contributed by atoms with van der Waals surface area (Å²) in [7, 11) is 3.62. The third kappa shape index (κ3) is 6.18. The smallest absolute Gasteiger partial charge is 0.352 e. The van der Waals surface area contributed by atoms with Crippen LogP contribution in [0.2, 0.25) is 0 Å². The lowest BCUT2D eigenvalue weighted by molar-refractivity contribution is 0.0655. The van der Waals surface area contributed by atoms with E-state index in [0.29, 0.717) is 42.5 Å². The highest BCUT2D eigenvalue weighted by atomic mass is 16.5. The maximum atomic E-state index is 12.7. The number of aromatic carboxylic acids is 1. The first-order chi connectivity index (χ1) is 17.3. The maximum Gasteiger partial charge on any atom is 0.352 e. The van der Waals surface area contributed by atoms with Gasteiger partial charge in [0.1, 0.15) is 29.0 Å². The van der Waals surface area contributed by atoms with Crippen LogP contribution in [0.3, 0.4) is 0 Å². The fourth-order valence-electron chi connectivity index (χ4n) is 3.82. The number of ether oxygens (including phenoxy) is 3. The number of rotatable bonds is 9. The second-order valence-corrected chi connectivity index (χ2v) is 8.61. The van der Waals surface area contributed by atoms with E-state index in [-0.39, 0.29) is 29.3 Å². The summed E-state index contributed by atoms with van der Waals surface area (Å²) in [6.45, 7) is 5.19. The molecule has 0 unspecified atom stereocenters. The lowest BCUT2D eigenvalue weighted by atomic mass is 10.1. The van der Waals surface area contributed by atoms with E-state index in [0.717, 1.165) is 13.1 Å². The Balaban J connectivity index is 1.54. The summed E-state index contributed by atoms with van der Waals surface area (Å²) in [6.07, 6.45) is 2.58. The van der Waals surface area contributed by atoms with E-state index < -0.39 is 5.97 Å². The summed E-state index contributed by atoms with van der Waals surface area (Å²) in [5.41, 5.74) is 1.57. The van der Waals surface area contributed by atoms with Gasteiger partial charge in [0.15, 0.2) is 0 Å². The van der Waals surface area contributed by atoms with Gasteiger partial charge in [0.25, 0.3) is 5.91 Å². The van der Waals surface area contributed by atoms with Gasteiger partial charge in [-0.3, -0.25) is 4.79 Å². The van der Waals surface area contributed by atoms with Gasteiger partial charge in [-0.2, -0.15) is 0 Å². The third-order valence-corrected chi connectivity index (χ3v) is 5.71. The highest BCUT2D eigenvalue weighted by Crippen LogP contribution is 2.32. The van der Waals surface area contributed by atoms with Gasteiger partial charge in [0, 0.05) is 50.6 Å². The van der Waals surface area contributed by atoms with Crippen LogP contribution in [0, 0.1) is 0 Å². The molecule has 1 aromatic carbocycles. The Labute approximate surface area is 208 Å². The number of carbonyl (C=O) groups is 2. The highest BCUT2D eigenvalue weighted by molar-refractivity contribution is 5.92. The molecule has 3 aromatic rings. The quantitative estimate of drug-likeness (QED) is 0.460. The van der Waals surface area contributed by atoms with Gasteiger partial charge >= 0.3 is 5.97 Å². The predicted molar refractivity (Wildman–Crippen MR) is 131 cm³/mol. The fraction of sp³-hybridized carbons (Fsp3) is 0.360. The molecule has 0 saturated carbocycles. The van der Waals surface area contributed by atoms with Crippen molar-refractivity contribution >= 4 is 11.9 Å². The summed E-state index contributed by atoms with van der Waals surface area (Å²) in [5, 5.41) is 9.24. The van der Waals surface area contributed by atoms with Crippen molar-refractivity contribution in [1.82, 2.24) is 24.8 Å². The third-order valence-electron chi connectivity index (χ3n) is 5.71. The Morgan fingerprint density at radius 3 is 2.47 bits per heavy atom. The van der Waals surface area contributed by atoms with Crippen molar-refractivity contribution < 1.29 is 28.9 Å². The van der Waals surface area contributed by atoms with Crippen molar-refractivity contribution in [2.75, 3.05) is 46.9 Å². The number of amides is 1. The summed E-state index contributed by atoms with van der Waals surface area (Å²) in [6, 6.07) is 8.36. The Morgan fingerprint density at radius 2 is 1.83 bits per heavy atom. The number of likely N-dealkylation sites (N-methyl/N-ethyl adjacent to an activating group) is 1. The monoisotopic (exact) mass is 495 g/mol. The van der Waals surface area contributed by atoms with Crippen molar-refractivity contribution in [2.45, 2.75) is 13.0 Å². The van der Waals surface area contributed by atoms with Crippen molar-refractivity contribution in [2.24, 2.45) is 0 Å². The molecule has 0 bridgehead atoms. The van der Waals surface area contributed by atoms with Gasteiger partial charge in [-0.15, -0.1) is 0 Å². The largest absolute Gasteiger partial charge is 0.488 e. The van der Waals surface area contributed by atoms with E-state index in [2.05, 4.69) is 19.9 Å². The van der Waals surface area contributed by atoms with Crippen LogP contribution >= 0.6 is 0 Å². The number of hydrogen-bond donors (Lipinski definition) is 2. The standard InChI is InChI=1S/C25H29N5O6/c1-16(15-34-3)35-18-10-17(20-4-5-21(28-20)25(32)33)11-19(12-18)36-23-14-26-22(13-27-23)24(31)30-8-6-29(2)7-9-30/h4-5,10-14,16,28H,6-9,15H2,1-3H3,(H,32,33)/t16-/m0/s1. The molecule has 1 atom stereocenters. The van der Waals surface area contributed by atoms with Gasteiger partial charge in [-0.25, -0.2) is 14.8 Å². The molecule has 2 aromatic heterocycles. The van der Waals surface area contributed by atoms with E-state index in [9.17, 15) is 14.7 Å². The topological polar surface area (TPSA) is 130 Å². The van der Waals surface area contributed by atoms with Crippen LogP contribution in [0.4, 0.5) is 0 Å². The van der Waals surface area contributed by atoms with Crippen LogP contribution in [-0.4, -0.2) is 94.8 Å². The zero-order valence-corrected chi connectivity index (χ0v) is 20.4. The molecule has 11 nitrogen and oxygen atoms in total. The van der Waals surface area contributed by atoms with Crippen molar-refractivity contribution in [3.05, 3.63) is 54.1 Å². The minimum Gasteiger partial charge on any atom is -0.488 e. The molecule has 1 aliphatic heterocycles. The first-order valence-corrected chi connectivity index (χ1v) is 11.5. The van der Waals surface area contributed by atoms with Gasteiger partial charge in [-0.1, -0.05) is 0 Å². The summed E-state index contributed by atoms with van der Waals surface area (Å²) >= 11 is 0. The average molecular weight is 496 g/mol. The molecule has 0 aliphatic carbocycles. The molecule has 0 radical (unpaired) electrons. The number of H-pyrrole nitrogens is 1. The van der Waals surface area contributed by atoms with E-state index >= 15 is 0 Å².